The van der Waals surface area contributed by atoms with Gasteiger partial charge in [0.05, 0.1) is 30.5 Å². The molecule has 0 radical (unpaired) electrons. The number of nitrogens with one attached hydrogen (secondary N) is 1. The third kappa shape index (κ3) is 4.44. The maximum absolute atomic E-state index is 12.0. The molecule has 0 aromatic heterocycles. The third-order valence-electron chi connectivity index (χ3n) is 2.81. The quantitative estimate of drug-likeness (QED) is 0.344. The van der Waals surface area contributed by atoms with Crippen LogP contribution in [0.25, 0.3) is 0 Å². The molecule has 0 aliphatic heterocycles. The van der Waals surface area contributed by atoms with E-state index >= 15 is 0 Å². The van der Waals surface area contributed by atoms with E-state index in [1.165, 1.54) is 24.3 Å². The molecule has 4 N–H and O–H groups in total. The molecule has 118 valence electrons. The van der Waals surface area contributed by atoms with Crippen molar-refractivity contribution in [3.05, 3.63) is 39.9 Å². The Morgan fingerprint density at radius 1 is 1.14 bits per heavy atom. The maximum atomic E-state index is 12.0. The number of nitrogens with zero attached hydrogens (tertiary/aromatic N) is 1. The highest BCUT2D eigenvalue weighted by atomic mass is 32.2. The molecule has 10 heteroatoms. The lowest BCUT2D eigenvalue weighted by Crippen LogP contribution is -2.57. The Bertz CT molecular complexity index is 590. The molecule has 21 heavy (non-hydrogen) atoms. The van der Waals surface area contributed by atoms with Crippen molar-refractivity contribution in [3.63, 3.8) is 0 Å². The van der Waals surface area contributed by atoms with Crippen LogP contribution in [0.5, 0.6) is 0 Å². The summed E-state index contributed by atoms with van der Waals surface area (Å²) in [5.74, 6) is -0.716. The number of sulfonamides is 1. The monoisotopic (exact) mass is 320 g/mol. The third-order valence-corrected chi connectivity index (χ3v) is 4.25. The van der Waals surface area contributed by atoms with Gasteiger partial charge >= 0.3 is 0 Å². The zero-order chi connectivity index (χ0) is 16.1. The first-order valence-corrected chi connectivity index (χ1v) is 7.51. The average Bonchev–Trinajstić information content (AvgIpc) is 2.45. The van der Waals surface area contributed by atoms with Crippen molar-refractivity contribution in [2.45, 2.75) is 11.3 Å². The minimum Gasteiger partial charge on any atom is -0.394 e. The van der Waals surface area contributed by atoms with Gasteiger partial charge in [-0.15, -0.1) is 0 Å². The summed E-state index contributed by atoms with van der Waals surface area (Å²) in [6.07, 6.45) is 0. The highest BCUT2D eigenvalue weighted by Crippen LogP contribution is 2.20. The van der Waals surface area contributed by atoms with Crippen molar-refractivity contribution < 1.29 is 28.7 Å². The Morgan fingerprint density at radius 2 is 1.67 bits per heavy atom. The number of benzene rings is 1. The summed E-state index contributed by atoms with van der Waals surface area (Å²) >= 11 is 0. The predicted molar refractivity (Wildman–Crippen MR) is 72.8 cm³/mol. The summed E-state index contributed by atoms with van der Waals surface area (Å²) in [5, 5.41) is 38.1. The molecule has 9 nitrogen and oxygen atoms in total. The van der Waals surface area contributed by atoms with Crippen LogP contribution >= 0.6 is 0 Å². The lowest BCUT2D eigenvalue weighted by molar-refractivity contribution is -0.385. The molecule has 0 saturated heterocycles. The molecule has 0 heterocycles. The van der Waals surface area contributed by atoms with Crippen LogP contribution in [0.4, 0.5) is 5.69 Å². The number of nitro benzene ring substituents is 1. The molecular weight excluding hydrogens is 304 g/mol. The van der Waals surface area contributed by atoms with E-state index < -0.39 is 46.1 Å². The van der Waals surface area contributed by atoms with Crippen molar-refractivity contribution in [1.29, 1.82) is 0 Å². The SMILES string of the molecule is O=[N+]([O-])c1ccccc1CS(=O)(=O)NC(CO)(CO)CO. The second kappa shape index (κ2) is 6.91. The lowest BCUT2D eigenvalue weighted by Gasteiger charge is -2.28. The number of hydrogen-bond acceptors (Lipinski definition) is 7. The molecule has 0 fully saturated rings. The van der Waals surface area contributed by atoms with Gasteiger partial charge in [0.2, 0.25) is 10.0 Å². The van der Waals surface area contributed by atoms with Gasteiger partial charge in [0, 0.05) is 11.6 Å². The fourth-order valence-electron chi connectivity index (χ4n) is 1.63. The van der Waals surface area contributed by atoms with Crippen LogP contribution in [0.2, 0.25) is 0 Å². The molecule has 0 amide bonds. The Kier molecular flexibility index (Phi) is 5.75. The fraction of sp³-hybridized carbons (Fsp3) is 0.455. The Balaban J connectivity index is 3.04. The minimum atomic E-state index is -4.12. The van der Waals surface area contributed by atoms with Crippen LogP contribution in [-0.2, 0) is 15.8 Å². The van der Waals surface area contributed by atoms with Crippen LogP contribution < -0.4 is 4.72 Å². The molecule has 0 atom stereocenters. The lowest BCUT2D eigenvalue weighted by atomic mass is 10.1. The number of nitro groups is 1. The Labute approximate surface area is 121 Å². The summed E-state index contributed by atoms with van der Waals surface area (Å²) in [6, 6.07) is 5.31. The van der Waals surface area contributed by atoms with Gasteiger partial charge in [-0.1, -0.05) is 18.2 Å². The van der Waals surface area contributed by atoms with Gasteiger partial charge in [0.25, 0.3) is 5.69 Å². The van der Waals surface area contributed by atoms with Gasteiger partial charge in [-0.2, -0.15) is 0 Å². The summed E-state index contributed by atoms with van der Waals surface area (Å²) in [7, 11) is -4.12. The second-order valence-corrected chi connectivity index (χ2v) is 6.22. The zero-order valence-corrected chi connectivity index (χ0v) is 11.8. The van der Waals surface area contributed by atoms with E-state index in [2.05, 4.69) is 0 Å². The van der Waals surface area contributed by atoms with Gasteiger partial charge in [-0.25, -0.2) is 13.1 Å². The molecule has 0 unspecified atom stereocenters. The van der Waals surface area contributed by atoms with E-state index in [0.29, 0.717) is 0 Å². The van der Waals surface area contributed by atoms with E-state index in [9.17, 15) is 18.5 Å². The van der Waals surface area contributed by atoms with Crippen LogP contribution in [0, 0.1) is 10.1 Å². The van der Waals surface area contributed by atoms with Crippen molar-refractivity contribution in [2.24, 2.45) is 0 Å². The van der Waals surface area contributed by atoms with Crippen molar-refractivity contribution in [2.75, 3.05) is 19.8 Å². The van der Waals surface area contributed by atoms with Gasteiger partial charge in [-0.05, 0) is 0 Å². The fourth-order valence-corrected chi connectivity index (χ4v) is 3.21. The number of aliphatic hydroxyl groups is 3. The van der Waals surface area contributed by atoms with Crippen molar-refractivity contribution in [3.8, 4) is 0 Å². The first kappa shape index (κ1) is 17.5. The topological polar surface area (TPSA) is 150 Å². The highest BCUT2D eigenvalue weighted by molar-refractivity contribution is 7.88. The first-order valence-electron chi connectivity index (χ1n) is 5.86. The molecule has 0 aliphatic carbocycles. The van der Waals surface area contributed by atoms with Crippen molar-refractivity contribution in [1.82, 2.24) is 4.72 Å². The van der Waals surface area contributed by atoms with Crippen LogP contribution in [0.1, 0.15) is 5.56 Å². The van der Waals surface area contributed by atoms with Gasteiger partial charge in [-0.3, -0.25) is 10.1 Å². The number of hydrogen-bond donors (Lipinski definition) is 4. The summed E-state index contributed by atoms with van der Waals surface area (Å²) in [5.41, 5.74) is -2.22. The molecule has 0 aliphatic rings. The van der Waals surface area contributed by atoms with Crippen LogP contribution in [0.3, 0.4) is 0 Å². The number of rotatable bonds is 8. The zero-order valence-electron chi connectivity index (χ0n) is 11.0. The Hall–Kier alpha value is -1.59. The van der Waals surface area contributed by atoms with Crippen molar-refractivity contribution >= 4 is 15.7 Å². The minimum absolute atomic E-state index is 0.0438. The van der Waals surface area contributed by atoms with E-state index in [-0.39, 0.29) is 11.3 Å². The van der Waals surface area contributed by atoms with Gasteiger partial charge in [0.1, 0.15) is 5.54 Å². The molecule has 1 aromatic carbocycles. The standard InChI is InChI=1S/C11H16N2O7S/c14-6-11(7-15,8-16)12-21(19,20)5-9-3-1-2-4-10(9)13(17)18/h1-4,12,14-16H,5-8H2. The van der Waals surface area contributed by atoms with Crippen LogP contribution in [-0.4, -0.2) is 54.0 Å². The maximum Gasteiger partial charge on any atom is 0.273 e. The van der Waals surface area contributed by atoms with Crippen LogP contribution in [0.15, 0.2) is 24.3 Å². The second-order valence-electron chi connectivity index (χ2n) is 4.50. The Morgan fingerprint density at radius 3 is 2.14 bits per heavy atom. The molecule has 0 spiro atoms. The number of aliphatic hydroxyl groups excluding tert-OH is 3. The summed E-state index contributed by atoms with van der Waals surface area (Å²) in [4.78, 5) is 10.1. The van der Waals surface area contributed by atoms with Gasteiger partial charge in [0.15, 0.2) is 0 Å². The number of para-hydroxylation sites is 1. The smallest absolute Gasteiger partial charge is 0.273 e. The van der Waals surface area contributed by atoms with E-state index in [4.69, 9.17) is 15.3 Å². The molecular formula is C11H16N2O7S. The molecule has 1 rings (SSSR count). The summed E-state index contributed by atoms with van der Waals surface area (Å²) in [6.45, 7) is -2.47. The molecule has 0 bridgehead atoms. The van der Waals surface area contributed by atoms with Gasteiger partial charge < -0.3 is 15.3 Å². The summed E-state index contributed by atoms with van der Waals surface area (Å²) < 4.78 is 26.0. The van der Waals surface area contributed by atoms with E-state index in [0.717, 1.165) is 0 Å². The molecule has 1 aromatic rings. The molecule has 0 saturated carbocycles. The van der Waals surface area contributed by atoms with E-state index in [1.807, 2.05) is 4.72 Å². The normalized spacial score (nSPS) is 12.3. The predicted octanol–water partition coefficient (Wildman–Crippen LogP) is -1.27. The van der Waals surface area contributed by atoms with E-state index in [1.54, 1.807) is 0 Å². The largest absolute Gasteiger partial charge is 0.394 e. The first-order chi connectivity index (χ1) is 9.79. The highest BCUT2D eigenvalue weighted by Gasteiger charge is 2.34. The average molecular weight is 320 g/mol.